The highest BCUT2D eigenvalue weighted by Crippen LogP contribution is 2.44. The molecule has 2 heterocycles. The van der Waals surface area contributed by atoms with Crippen molar-refractivity contribution in [3.63, 3.8) is 0 Å². The highest BCUT2D eigenvalue weighted by atomic mass is 79.9. The summed E-state index contributed by atoms with van der Waals surface area (Å²) in [5.41, 5.74) is 0.684. The number of nitrogens with zero attached hydrogens (tertiary/aromatic N) is 2. The van der Waals surface area contributed by atoms with E-state index in [9.17, 15) is 13.2 Å². The van der Waals surface area contributed by atoms with Gasteiger partial charge in [-0.3, -0.25) is 4.79 Å². The van der Waals surface area contributed by atoms with E-state index in [1.807, 2.05) is 29.2 Å². The second-order valence-electron chi connectivity index (χ2n) is 6.06. The zero-order chi connectivity index (χ0) is 17.4. The second kappa shape index (κ2) is 6.97. The van der Waals surface area contributed by atoms with E-state index in [4.69, 9.17) is 0 Å². The van der Waals surface area contributed by atoms with Crippen molar-refractivity contribution in [3.8, 4) is 0 Å². The lowest BCUT2D eigenvalue weighted by Crippen LogP contribution is -2.53. The van der Waals surface area contributed by atoms with Gasteiger partial charge in [0.2, 0.25) is 10.0 Å². The minimum Gasteiger partial charge on any atom is -0.323 e. The molecule has 132 valence electrons. The van der Waals surface area contributed by atoms with Crippen LogP contribution in [0.5, 0.6) is 0 Å². The van der Waals surface area contributed by atoms with Crippen molar-refractivity contribution in [1.82, 2.24) is 9.21 Å². The van der Waals surface area contributed by atoms with Crippen LogP contribution in [0.25, 0.3) is 0 Å². The van der Waals surface area contributed by atoms with Crippen LogP contribution >= 0.6 is 27.7 Å². The van der Waals surface area contributed by atoms with Crippen molar-refractivity contribution in [1.29, 1.82) is 0 Å². The van der Waals surface area contributed by atoms with E-state index in [0.717, 1.165) is 16.8 Å². The van der Waals surface area contributed by atoms with E-state index in [-0.39, 0.29) is 16.5 Å². The van der Waals surface area contributed by atoms with Gasteiger partial charge in [0.15, 0.2) is 0 Å². The van der Waals surface area contributed by atoms with E-state index in [1.165, 1.54) is 0 Å². The maximum absolute atomic E-state index is 12.9. The maximum Gasteiger partial charge on any atom is 0.254 e. The van der Waals surface area contributed by atoms with Crippen molar-refractivity contribution < 1.29 is 13.2 Å². The molecule has 1 amide bonds. The van der Waals surface area contributed by atoms with Crippen molar-refractivity contribution in [2.45, 2.75) is 24.6 Å². The smallest absolute Gasteiger partial charge is 0.254 e. The number of benzene rings is 1. The molecule has 2 aliphatic rings. The zero-order valence-electron chi connectivity index (χ0n) is 13.6. The molecule has 1 aromatic carbocycles. The molecule has 2 fully saturated rings. The monoisotopic (exact) mass is 432 g/mol. The first kappa shape index (κ1) is 18.2. The fraction of sp³-hybridized carbons (Fsp3) is 0.562. The van der Waals surface area contributed by atoms with E-state index < -0.39 is 10.0 Å². The van der Waals surface area contributed by atoms with E-state index in [0.29, 0.717) is 31.5 Å². The lowest BCUT2D eigenvalue weighted by Gasteiger charge is -2.43. The predicted octanol–water partition coefficient (Wildman–Crippen LogP) is 2.78. The molecule has 0 radical (unpaired) electrons. The molecule has 0 atom stereocenters. The van der Waals surface area contributed by atoms with Crippen LogP contribution in [-0.4, -0.2) is 59.5 Å². The van der Waals surface area contributed by atoms with Gasteiger partial charge in [0.25, 0.3) is 5.91 Å². The summed E-state index contributed by atoms with van der Waals surface area (Å²) in [5, 5.41) is 0. The molecule has 0 aromatic heterocycles. The fourth-order valence-electron chi connectivity index (χ4n) is 3.35. The van der Waals surface area contributed by atoms with Gasteiger partial charge in [0.05, 0.1) is 10.6 Å². The number of sulfonamides is 1. The van der Waals surface area contributed by atoms with Gasteiger partial charge in [-0.05, 0) is 44.0 Å². The molecule has 0 saturated carbocycles. The lowest BCUT2D eigenvalue weighted by atomic mass is 10.0. The van der Waals surface area contributed by atoms with Crippen LogP contribution in [0.2, 0.25) is 0 Å². The summed E-state index contributed by atoms with van der Waals surface area (Å²) in [5.74, 6) is 1.08. The van der Waals surface area contributed by atoms with Crippen molar-refractivity contribution in [3.05, 3.63) is 34.3 Å². The first-order valence-corrected chi connectivity index (χ1v) is 11.5. The van der Waals surface area contributed by atoms with Crippen LogP contribution in [0.4, 0.5) is 0 Å². The molecule has 0 bridgehead atoms. The molecular weight excluding hydrogens is 412 g/mol. The molecule has 2 aliphatic heterocycles. The Morgan fingerprint density at radius 2 is 1.83 bits per heavy atom. The Bertz CT molecular complexity index is 713. The van der Waals surface area contributed by atoms with Gasteiger partial charge >= 0.3 is 0 Å². The van der Waals surface area contributed by atoms with Gasteiger partial charge in [-0.2, -0.15) is 0 Å². The van der Waals surface area contributed by atoms with Crippen molar-refractivity contribution in [2.75, 3.05) is 31.1 Å². The van der Waals surface area contributed by atoms with Crippen molar-refractivity contribution in [2.24, 2.45) is 0 Å². The Labute approximate surface area is 156 Å². The third kappa shape index (κ3) is 3.38. The standard InChI is InChI=1S/C16H21BrN2O3S2/c1-2-24(21,22)18-9-7-16(8-10-18)19(11-12-23-16)15(20)13-3-5-14(17)6-4-13/h3-6H,2,7-12H2,1H3. The summed E-state index contributed by atoms with van der Waals surface area (Å²) in [4.78, 5) is 14.6. The van der Waals surface area contributed by atoms with Gasteiger partial charge in [-0.25, -0.2) is 12.7 Å². The van der Waals surface area contributed by atoms with E-state index in [2.05, 4.69) is 15.9 Å². The Kier molecular flexibility index (Phi) is 5.30. The van der Waals surface area contributed by atoms with E-state index in [1.54, 1.807) is 23.0 Å². The van der Waals surface area contributed by atoms with Crippen LogP contribution in [0.15, 0.2) is 28.7 Å². The van der Waals surface area contributed by atoms with Gasteiger partial charge < -0.3 is 4.90 Å². The third-order valence-corrected chi connectivity index (χ3v) is 8.74. The fourth-order valence-corrected chi connectivity index (χ4v) is 6.18. The number of carbonyl (C=O) groups excluding carboxylic acids is 1. The number of rotatable bonds is 3. The molecule has 0 aliphatic carbocycles. The number of halogens is 1. The number of piperidine rings is 1. The largest absolute Gasteiger partial charge is 0.323 e. The minimum absolute atomic E-state index is 0.0410. The predicted molar refractivity (Wildman–Crippen MR) is 101 cm³/mol. The summed E-state index contributed by atoms with van der Waals surface area (Å²) < 4.78 is 26.6. The Morgan fingerprint density at radius 3 is 2.42 bits per heavy atom. The number of carbonyl (C=O) groups is 1. The third-order valence-electron chi connectivity index (χ3n) is 4.78. The van der Waals surface area contributed by atoms with Gasteiger partial charge in [-0.15, -0.1) is 11.8 Å². The van der Waals surface area contributed by atoms with Crippen LogP contribution in [0.3, 0.4) is 0 Å². The number of amides is 1. The lowest BCUT2D eigenvalue weighted by molar-refractivity contribution is 0.0605. The van der Waals surface area contributed by atoms with Crippen molar-refractivity contribution >= 4 is 43.6 Å². The summed E-state index contributed by atoms with van der Waals surface area (Å²) in [7, 11) is -3.15. The first-order chi connectivity index (χ1) is 11.4. The van der Waals surface area contributed by atoms with Gasteiger partial charge in [0.1, 0.15) is 0 Å². The molecule has 1 spiro atoms. The van der Waals surface area contributed by atoms with Gasteiger partial charge in [0, 0.05) is 35.4 Å². The molecule has 8 heteroatoms. The Morgan fingerprint density at radius 1 is 1.21 bits per heavy atom. The Hall–Kier alpha value is -0.570. The molecule has 5 nitrogen and oxygen atoms in total. The summed E-state index contributed by atoms with van der Waals surface area (Å²) in [6.45, 7) is 3.38. The number of hydrogen-bond donors (Lipinski definition) is 0. The average Bonchev–Trinajstić information content (AvgIpc) is 2.98. The second-order valence-corrected chi connectivity index (χ2v) is 10.7. The van der Waals surface area contributed by atoms with Crippen LogP contribution in [0.1, 0.15) is 30.1 Å². The summed E-state index contributed by atoms with van der Waals surface area (Å²) >= 11 is 5.18. The SMILES string of the molecule is CCS(=O)(=O)N1CCC2(CC1)SCCN2C(=O)c1ccc(Br)cc1. The highest BCUT2D eigenvalue weighted by molar-refractivity contribution is 9.10. The molecule has 0 unspecified atom stereocenters. The summed E-state index contributed by atoms with van der Waals surface area (Å²) in [6.07, 6.45) is 1.39. The summed E-state index contributed by atoms with van der Waals surface area (Å²) in [6, 6.07) is 7.42. The first-order valence-electron chi connectivity index (χ1n) is 8.07. The molecule has 1 aromatic rings. The molecular formula is C16H21BrN2O3S2. The zero-order valence-corrected chi connectivity index (χ0v) is 16.8. The Balaban J connectivity index is 1.76. The molecule has 2 saturated heterocycles. The number of thioether (sulfide) groups is 1. The highest BCUT2D eigenvalue weighted by Gasteiger charge is 2.47. The molecule has 3 rings (SSSR count). The normalized spacial score (nSPS) is 21.3. The van der Waals surface area contributed by atoms with Gasteiger partial charge in [-0.1, -0.05) is 15.9 Å². The molecule has 24 heavy (non-hydrogen) atoms. The van der Waals surface area contributed by atoms with Crippen LogP contribution in [0, 0.1) is 0 Å². The number of hydrogen-bond acceptors (Lipinski definition) is 4. The quantitative estimate of drug-likeness (QED) is 0.736. The maximum atomic E-state index is 12.9. The molecule has 0 N–H and O–H groups in total. The van der Waals surface area contributed by atoms with Crippen LogP contribution in [-0.2, 0) is 10.0 Å². The van der Waals surface area contributed by atoms with Crippen LogP contribution < -0.4 is 0 Å². The topological polar surface area (TPSA) is 57.7 Å². The average molecular weight is 433 g/mol. The van der Waals surface area contributed by atoms with E-state index >= 15 is 0 Å². The minimum atomic E-state index is -3.15.